The molecule has 0 unspecified atom stereocenters. The van der Waals surface area contributed by atoms with Crippen molar-refractivity contribution >= 4 is 0 Å². The third-order valence-electron chi connectivity index (χ3n) is 3.58. The molecule has 14 heavy (non-hydrogen) atoms. The summed E-state index contributed by atoms with van der Waals surface area (Å²) in [5.74, 6) is 0.953. The summed E-state index contributed by atoms with van der Waals surface area (Å²) in [6.45, 7) is 5.99. The van der Waals surface area contributed by atoms with Gasteiger partial charge in [0.05, 0.1) is 0 Å². The average Bonchev–Trinajstić information content (AvgIpc) is 2.70. The van der Waals surface area contributed by atoms with E-state index >= 15 is 0 Å². The molecule has 1 N–H and O–H groups in total. The summed E-state index contributed by atoms with van der Waals surface area (Å²) in [5.41, 5.74) is 3.59. The van der Waals surface area contributed by atoms with Crippen LogP contribution in [0.1, 0.15) is 25.7 Å². The average molecular weight is 197 g/mol. The maximum absolute atomic E-state index is 3.59. The normalized spacial score (nSPS) is 27.2. The number of nitrogens with zero attached hydrogens (tertiary/aromatic N) is 2. The Kier molecular flexibility index (Phi) is 3.79. The smallest absolute Gasteiger partial charge is 0.0259 e. The summed E-state index contributed by atoms with van der Waals surface area (Å²) in [5, 5.41) is 2.40. The van der Waals surface area contributed by atoms with Crippen LogP contribution >= 0.6 is 0 Å². The third kappa shape index (κ3) is 2.94. The first kappa shape index (κ1) is 10.4. The fourth-order valence-electron chi connectivity index (χ4n) is 2.44. The fraction of sp³-hybridized carbons (Fsp3) is 1.00. The summed E-state index contributed by atoms with van der Waals surface area (Å²) < 4.78 is 0. The first-order valence-electron chi connectivity index (χ1n) is 6.01. The number of rotatable bonds is 3. The monoisotopic (exact) mass is 197 g/mol. The molecule has 0 aromatic rings. The Morgan fingerprint density at radius 2 is 1.71 bits per heavy atom. The number of hydrogen-bond acceptors (Lipinski definition) is 3. The predicted molar refractivity (Wildman–Crippen MR) is 59.0 cm³/mol. The van der Waals surface area contributed by atoms with Gasteiger partial charge in [0, 0.05) is 32.7 Å². The first-order chi connectivity index (χ1) is 6.84. The molecule has 0 atom stereocenters. The molecule has 3 heteroatoms. The van der Waals surface area contributed by atoms with Crippen molar-refractivity contribution < 1.29 is 0 Å². The van der Waals surface area contributed by atoms with Crippen molar-refractivity contribution in [3.63, 3.8) is 0 Å². The molecule has 0 aromatic heterocycles. The zero-order valence-corrected chi connectivity index (χ0v) is 9.34. The summed E-state index contributed by atoms with van der Waals surface area (Å²) in [6.07, 6.45) is 5.80. The van der Waals surface area contributed by atoms with Gasteiger partial charge in [0.25, 0.3) is 0 Å². The quantitative estimate of drug-likeness (QED) is 0.726. The topological polar surface area (TPSA) is 18.5 Å². The highest BCUT2D eigenvalue weighted by molar-refractivity contribution is 4.71. The lowest BCUT2D eigenvalue weighted by Gasteiger charge is -2.33. The summed E-state index contributed by atoms with van der Waals surface area (Å²) in [7, 11) is 2.20. The van der Waals surface area contributed by atoms with Gasteiger partial charge in [-0.2, -0.15) is 0 Å². The van der Waals surface area contributed by atoms with E-state index in [4.69, 9.17) is 0 Å². The summed E-state index contributed by atoms with van der Waals surface area (Å²) >= 11 is 0. The van der Waals surface area contributed by atoms with Gasteiger partial charge in [-0.3, -0.25) is 5.43 Å². The minimum Gasteiger partial charge on any atom is -0.304 e. The van der Waals surface area contributed by atoms with Gasteiger partial charge >= 0.3 is 0 Å². The summed E-state index contributed by atoms with van der Waals surface area (Å²) in [4.78, 5) is 2.40. The van der Waals surface area contributed by atoms with E-state index in [9.17, 15) is 0 Å². The van der Waals surface area contributed by atoms with Gasteiger partial charge in [-0.15, -0.1) is 0 Å². The number of piperazine rings is 1. The molecule has 2 rings (SSSR count). The van der Waals surface area contributed by atoms with Crippen LogP contribution in [0.25, 0.3) is 0 Å². The largest absolute Gasteiger partial charge is 0.304 e. The second kappa shape index (κ2) is 5.10. The molecule has 0 radical (unpaired) electrons. The van der Waals surface area contributed by atoms with Gasteiger partial charge in [0.2, 0.25) is 0 Å². The third-order valence-corrected chi connectivity index (χ3v) is 3.58. The zero-order chi connectivity index (χ0) is 9.80. The molecule has 0 aromatic carbocycles. The van der Waals surface area contributed by atoms with Gasteiger partial charge in [-0.25, -0.2) is 5.01 Å². The van der Waals surface area contributed by atoms with E-state index in [1.807, 2.05) is 0 Å². The molecule has 0 bridgehead atoms. The van der Waals surface area contributed by atoms with Gasteiger partial charge < -0.3 is 4.90 Å². The van der Waals surface area contributed by atoms with Gasteiger partial charge in [0.1, 0.15) is 0 Å². The predicted octanol–water partition coefficient (Wildman–Crippen LogP) is 0.929. The Bertz CT molecular complexity index is 158. The van der Waals surface area contributed by atoms with Crippen LogP contribution in [0.15, 0.2) is 0 Å². The van der Waals surface area contributed by atoms with Crippen molar-refractivity contribution in [2.24, 2.45) is 5.92 Å². The van der Waals surface area contributed by atoms with E-state index in [0.717, 1.165) is 5.92 Å². The lowest BCUT2D eigenvalue weighted by molar-refractivity contribution is 0.0981. The van der Waals surface area contributed by atoms with E-state index in [1.165, 1.54) is 58.4 Å². The Labute approximate surface area is 87.4 Å². The van der Waals surface area contributed by atoms with Gasteiger partial charge in [-0.05, 0) is 25.8 Å². The molecule has 1 aliphatic heterocycles. The second-order valence-corrected chi connectivity index (χ2v) is 4.80. The molecule has 3 nitrogen and oxygen atoms in total. The molecular formula is C11H23N3. The maximum atomic E-state index is 3.59. The van der Waals surface area contributed by atoms with Crippen LogP contribution in [0, 0.1) is 5.92 Å². The number of hydrazine groups is 1. The molecule has 2 aliphatic rings. The van der Waals surface area contributed by atoms with Crippen molar-refractivity contribution in [2.45, 2.75) is 25.7 Å². The van der Waals surface area contributed by atoms with Crippen LogP contribution in [-0.2, 0) is 0 Å². The summed E-state index contributed by atoms with van der Waals surface area (Å²) in [6, 6.07) is 0. The SMILES string of the molecule is CN1CCN(NCC2CCCC2)CC1. The minimum absolute atomic E-state index is 0.953. The molecule has 1 saturated carbocycles. The van der Waals surface area contributed by atoms with Crippen molar-refractivity contribution in [1.29, 1.82) is 0 Å². The second-order valence-electron chi connectivity index (χ2n) is 4.80. The highest BCUT2D eigenvalue weighted by Gasteiger charge is 2.17. The van der Waals surface area contributed by atoms with Crippen LogP contribution in [-0.4, -0.2) is 49.7 Å². The molecule has 82 valence electrons. The van der Waals surface area contributed by atoms with Gasteiger partial charge in [-0.1, -0.05) is 12.8 Å². The van der Waals surface area contributed by atoms with Crippen LogP contribution in [0.3, 0.4) is 0 Å². The molecular weight excluding hydrogens is 174 g/mol. The Balaban J connectivity index is 1.60. The van der Waals surface area contributed by atoms with E-state index < -0.39 is 0 Å². The molecule has 0 spiro atoms. The number of nitrogens with one attached hydrogen (secondary N) is 1. The molecule has 1 heterocycles. The lowest BCUT2D eigenvalue weighted by Crippen LogP contribution is -2.51. The number of hydrogen-bond donors (Lipinski definition) is 1. The highest BCUT2D eigenvalue weighted by Crippen LogP contribution is 2.23. The molecule has 1 saturated heterocycles. The van der Waals surface area contributed by atoms with Crippen LogP contribution in [0.4, 0.5) is 0 Å². The first-order valence-corrected chi connectivity index (χ1v) is 6.01. The van der Waals surface area contributed by atoms with E-state index in [0.29, 0.717) is 0 Å². The van der Waals surface area contributed by atoms with E-state index in [1.54, 1.807) is 0 Å². The lowest BCUT2D eigenvalue weighted by atomic mass is 10.1. The van der Waals surface area contributed by atoms with Crippen LogP contribution < -0.4 is 5.43 Å². The van der Waals surface area contributed by atoms with Crippen molar-refractivity contribution in [3.05, 3.63) is 0 Å². The molecule has 0 amide bonds. The van der Waals surface area contributed by atoms with Gasteiger partial charge in [0.15, 0.2) is 0 Å². The van der Waals surface area contributed by atoms with E-state index in [-0.39, 0.29) is 0 Å². The fourth-order valence-corrected chi connectivity index (χ4v) is 2.44. The Hall–Kier alpha value is -0.120. The number of likely N-dealkylation sites (N-methyl/N-ethyl adjacent to an activating group) is 1. The maximum Gasteiger partial charge on any atom is 0.0259 e. The van der Waals surface area contributed by atoms with Crippen molar-refractivity contribution in [1.82, 2.24) is 15.3 Å². The zero-order valence-electron chi connectivity index (χ0n) is 9.34. The minimum atomic E-state index is 0.953. The van der Waals surface area contributed by atoms with Crippen molar-refractivity contribution in [3.8, 4) is 0 Å². The Morgan fingerprint density at radius 3 is 2.36 bits per heavy atom. The van der Waals surface area contributed by atoms with Crippen LogP contribution in [0.2, 0.25) is 0 Å². The Morgan fingerprint density at radius 1 is 1.07 bits per heavy atom. The van der Waals surface area contributed by atoms with E-state index in [2.05, 4.69) is 22.4 Å². The van der Waals surface area contributed by atoms with Crippen LogP contribution in [0.5, 0.6) is 0 Å². The van der Waals surface area contributed by atoms with Crippen molar-refractivity contribution in [2.75, 3.05) is 39.8 Å². The highest BCUT2D eigenvalue weighted by atomic mass is 15.5. The standard InChI is InChI=1S/C11H23N3/c1-13-6-8-14(9-7-13)12-10-11-4-2-3-5-11/h11-12H,2-10H2,1H3. The molecule has 2 fully saturated rings. The molecule has 1 aliphatic carbocycles.